The summed E-state index contributed by atoms with van der Waals surface area (Å²) in [5, 5.41) is 10.2. The highest BCUT2D eigenvalue weighted by molar-refractivity contribution is 5.25. The van der Waals surface area contributed by atoms with Crippen LogP contribution in [0.2, 0.25) is 0 Å². The van der Waals surface area contributed by atoms with E-state index in [0.717, 1.165) is 42.4 Å². The van der Waals surface area contributed by atoms with Gasteiger partial charge in [0, 0.05) is 0 Å². The first-order valence-electron chi connectivity index (χ1n) is 12.2. The van der Waals surface area contributed by atoms with E-state index in [1.165, 1.54) is 64.2 Å². The highest BCUT2D eigenvalue weighted by Gasteiger charge is 2.58. The minimum absolute atomic E-state index is 0.0727. The topological polar surface area (TPSA) is 20.2 Å². The summed E-state index contributed by atoms with van der Waals surface area (Å²) >= 11 is 0. The third-order valence-electron chi connectivity index (χ3n) is 9.86. The first kappa shape index (κ1) is 20.0. The van der Waals surface area contributed by atoms with Gasteiger partial charge in [-0.05, 0) is 98.2 Å². The van der Waals surface area contributed by atoms with Gasteiger partial charge in [0.15, 0.2) is 0 Å². The predicted molar refractivity (Wildman–Crippen MR) is 115 cm³/mol. The van der Waals surface area contributed by atoms with E-state index in [4.69, 9.17) is 0 Å². The number of rotatable bonds is 5. The van der Waals surface area contributed by atoms with Crippen LogP contribution in [0.5, 0.6) is 0 Å². The molecule has 0 aromatic heterocycles. The molecule has 1 nitrogen and oxygen atoms in total. The molecule has 0 heterocycles. The second-order valence-electron chi connectivity index (χ2n) is 11.7. The van der Waals surface area contributed by atoms with Crippen molar-refractivity contribution in [3.8, 4) is 0 Å². The van der Waals surface area contributed by atoms with Crippen molar-refractivity contribution in [2.75, 3.05) is 0 Å². The fraction of sp³-hybridized carbons (Fsp3) is 0.923. The number of allylic oxidation sites excluding steroid dienone is 1. The van der Waals surface area contributed by atoms with Crippen molar-refractivity contribution < 1.29 is 5.11 Å². The molecule has 4 aliphatic rings. The van der Waals surface area contributed by atoms with Crippen LogP contribution in [-0.4, -0.2) is 11.2 Å². The molecule has 3 fully saturated rings. The predicted octanol–water partition coefficient (Wildman–Crippen LogP) is 7.14. The summed E-state index contributed by atoms with van der Waals surface area (Å²) in [5.74, 6) is 4.64. The van der Waals surface area contributed by atoms with Gasteiger partial charge < -0.3 is 5.11 Å². The highest BCUT2D eigenvalue weighted by atomic mass is 16.3. The monoisotopic (exact) mass is 372 g/mol. The van der Waals surface area contributed by atoms with Crippen molar-refractivity contribution in [3.05, 3.63) is 11.6 Å². The Labute approximate surface area is 168 Å². The zero-order valence-corrected chi connectivity index (χ0v) is 18.5. The van der Waals surface area contributed by atoms with Crippen molar-refractivity contribution in [1.29, 1.82) is 0 Å². The van der Waals surface area contributed by atoms with Crippen LogP contribution in [0, 0.1) is 40.4 Å². The molecule has 0 spiro atoms. The van der Waals surface area contributed by atoms with Crippen molar-refractivity contribution in [2.24, 2.45) is 40.4 Å². The van der Waals surface area contributed by atoms with E-state index in [9.17, 15) is 5.11 Å². The average molecular weight is 373 g/mol. The molecule has 0 aliphatic heterocycles. The Hall–Kier alpha value is -0.300. The lowest BCUT2D eigenvalue weighted by Crippen LogP contribution is -2.50. The number of fused-ring (bicyclic) bond motifs is 5. The van der Waals surface area contributed by atoms with Crippen LogP contribution in [0.15, 0.2) is 11.6 Å². The van der Waals surface area contributed by atoms with Crippen LogP contribution < -0.4 is 0 Å². The summed E-state index contributed by atoms with van der Waals surface area (Å²) < 4.78 is 0. The largest absolute Gasteiger partial charge is 0.393 e. The normalized spacial score (nSPS) is 46.6. The van der Waals surface area contributed by atoms with Crippen LogP contribution >= 0.6 is 0 Å². The summed E-state index contributed by atoms with van der Waals surface area (Å²) in [6, 6.07) is 0. The van der Waals surface area contributed by atoms with Crippen molar-refractivity contribution in [3.63, 3.8) is 0 Å². The summed E-state index contributed by atoms with van der Waals surface area (Å²) in [7, 11) is 0. The van der Waals surface area contributed by atoms with Crippen LogP contribution in [-0.2, 0) is 0 Å². The molecular weight excluding hydrogens is 328 g/mol. The summed E-state index contributed by atoms with van der Waals surface area (Å²) in [6.45, 7) is 9.97. The van der Waals surface area contributed by atoms with Crippen LogP contribution in [0.4, 0.5) is 0 Å². The smallest absolute Gasteiger partial charge is 0.0577 e. The first-order valence-corrected chi connectivity index (χ1v) is 12.2. The van der Waals surface area contributed by atoms with Gasteiger partial charge in [-0.1, -0.05) is 58.6 Å². The van der Waals surface area contributed by atoms with Gasteiger partial charge in [-0.3, -0.25) is 0 Å². The van der Waals surface area contributed by atoms with Crippen molar-refractivity contribution in [2.45, 2.75) is 111 Å². The zero-order valence-electron chi connectivity index (χ0n) is 18.5. The molecule has 3 saturated carbocycles. The second kappa shape index (κ2) is 7.51. The van der Waals surface area contributed by atoms with Crippen LogP contribution in [0.3, 0.4) is 0 Å². The van der Waals surface area contributed by atoms with Gasteiger partial charge in [-0.2, -0.15) is 0 Å². The Balaban J connectivity index is 1.46. The SMILES string of the molecule is CC(C)CCCC[C@H]1CC[C@H]2C3CC=C4CC(O)CC[C@]4(C)C3CC[C@]12C. The third-order valence-corrected chi connectivity index (χ3v) is 9.86. The summed E-state index contributed by atoms with van der Waals surface area (Å²) in [4.78, 5) is 0. The van der Waals surface area contributed by atoms with Gasteiger partial charge >= 0.3 is 0 Å². The maximum atomic E-state index is 10.2. The van der Waals surface area contributed by atoms with Gasteiger partial charge in [0.2, 0.25) is 0 Å². The molecule has 0 radical (unpaired) electrons. The minimum atomic E-state index is -0.0727. The zero-order chi connectivity index (χ0) is 19.2. The fourth-order valence-electron chi connectivity index (χ4n) is 8.17. The molecule has 3 unspecified atom stereocenters. The summed E-state index contributed by atoms with van der Waals surface area (Å²) in [6.07, 6.45) is 18.7. The van der Waals surface area contributed by atoms with Crippen LogP contribution in [0.1, 0.15) is 105 Å². The molecule has 1 heteroatoms. The van der Waals surface area contributed by atoms with Gasteiger partial charge in [-0.15, -0.1) is 0 Å². The average Bonchev–Trinajstić information content (AvgIpc) is 2.96. The molecule has 4 rings (SSSR count). The Morgan fingerprint density at radius 3 is 2.63 bits per heavy atom. The van der Waals surface area contributed by atoms with Crippen molar-refractivity contribution in [1.82, 2.24) is 0 Å². The fourth-order valence-corrected chi connectivity index (χ4v) is 8.17. The van der Waals surface area contributed by atoms with Crippen molar-refractivity contribution >= 4 is 0 Å². The number of unbranched alkanes of at least 4 members (excludes halogenated alkanes) is 1. The number of aliphatic hydroxyl groups is 1. The molecule has 7 atom stereocenters. The molecule has 154 valence electrons. The number of hydrogen-bond acceptors (Lipinski definition) is 1. The second-order valence-corrected chi connectivity index (χ2v) is 11.7. The molecule has 27 heavy (non-hydrogen) atoms. The lowest BCUT2D eigenvalue weighted by Gasteiger charge is -2.58. The maximum absolute atomic E-state index is 10.2. The molecule has 0 saturated heterocycles. The molecule has 0 amide bonds. The lowest BCUT2D eigenvalue weighted by molar-refractivity contribution is -0.0508. The molecular formula is C26H44O. The minimum Gasteiger partial charge on any atom is -0.393 e. The van der Waals surface area contributed by atoms with Gasteiger partial charge in [0.1, 0.15) is 0 Å². The molecule has 1 N–H and O–H groups in total. The van der Waals surface area contributed by atoms with E-state index in [2.05, 4.69) is 33.8 Å². The maximum Gasteiger partial charge on any atom is 0.0577 e. The molecule has 0 aromatic carbocycles. The van der Waals surface area contributed by atoms with E-state index in [-0.39, 0.29) is 6.10 Å². The lowest BCUT2D eigenvalue weighted by atomic mass is 9.47. The van der Waals surface area contributed by atoms with Gasteiger partial charge in [-0.25, -0.2) is 0 Å². The molecule has 0 aromatic rings. The Morgan fingerprint density at radius 1 is 1.04 bits per heavy atom. The summed E-state index contributed by atoms with van der Waals surface area (Å²) in [5.41, 5.74) is 2.64. The van der Waals surface area contributed by atoms with E-state index in [1.807, 2.05) is 0 Å². The quantitative estimate of drug-likeness (QED) is 0.401. The van der Waals surface area contributed by atoms with E-state index in [0.29, 0.717) is 10.8 Å². The number of aliphatic hydroxyl groups excluding tert-OH is 1. The highest BCUT2D eigenvalue weighted by Crippen LogP contribution is 2.66. The Morgan fingerprint density at radius 2 is 1.85 bits per heavy atom. The van der Waals surface area contributed by atoms with E-state index in [1.54, 1.807) is 5.57 Å². The number of hydrogen-bond donors (Lipinski definition) is 1. The van der Waals surface area contributed by atoms with Crippen LogP contribution in [0.25, 0.3) is 0 Å². The Bertz CT molecular complexity index is 563. The first-order chi connectivity index (χ1) is 12.8. The third kappa shape index (κ3) is 3.45. The van der Waals surface area contributed by atoms with E-state index < -0.39 is 0 Å². The van der Waals surface area contributed by atoms with Gasteiger partial charge in [0.25, 0.3) is 0 Å². The molecule has 4 aliphatic carbocycles. The van der Waals surface area contributed by atoms with E-state index >= 15 is 0 Å². The van der Waals surface area contributed by atoms with Gasteiger partial charge in [0.05, 0.1) is 6.10 Å². The molecule has 0 bridgehead atoms. The standard InChI is InChI=1S/C26H44O/c1-18(2)7-5-6-8-19-10-12-23-22-11-9-20-17-21(27)13-15-26(20,4)24(22)14-16-25(19,23)3/h9,18-19,21-24,27H,5-8,10-17H2,1-4H3/t19-,21?,22?,23-,24?,25+,26-/m0/s1. The Kier molecular flexibility index (Phi) is 5.56.